The lowest BCUT2D eigenvalue weighted by Gasteiger charge is -2.35. The molecule has 4 nitrogen and oxygen atoms in total. The van der Waals surface area contributed by atoms with Crippen molar-refractivity contribution in [1.29, 1.82) is 0 Å². The first-order valence-electron chi connectivity index (χ1n) is 6.42. The van der Waals surface area contributed by atoms with Crippen molar-refractivity contribution < 1.29 is 14.6 Å². The van der Waals surface area contributed by atoms with Gasteiger partial charge in [-0.1, -0.05) is 6.92 Å². The molecule has 0 spiro atoms. The number of hydrogen-bond donors (Lipinski definition) is 1. The van der Waals surface area contributed by atoms with Crippen LogP contribution < -0.4 is 0 Å². The van der Waals surface area contributed by atoms with E-state index in [1.807, 2.05) is 20.8 Å². The van der Waals surface area contributed by atoms with Crippen LogP contribution in [-0.4, -0.2) is 41.4 Å². The minimum atomic E-state index is -0.424. The second-order valence-electron chi connectivity index (χ2n) is 5.96. The van der Waals surface area contributed by atoms with Crippen LogP contribution in [0.1, 0.15) is 40.5 Å². The van der Waals surface area contributed by atoms with Crippen molar-refractivity contribution >= 4 is 6.09 Å². The minimum absolute atomic E-state index is 0.215. The summed E-state index contributed by atoms with van der Waals surface area (Å²) in [6, 6.07) is 0. The Balaban J connectivity index is 2.39. The number of likely N-dealkylation sites (tertiary alicyclic amines) is 1. The molecule has 1 aliphatic rings. The Morgan fingerprint density at radius 1 is 1.41 bits per heavy atom. The Hall–Kier alpha value is -0.770. The number of aliphatic hydroxyl groups excluding tert-OH is 1. The molecule has 0 aromatic heterocycles. The Morgan fingerprint density at radius 2 is 1.94 bits per heavy atom. The van der Waals surface area contributed by atoms with Crippen molar-refractivity contribution in [2.24, 2.45) is 11.8 Å². The molecule has 1 saturated heterocycles. The Labute approximate surface area is 104 Å². The van der Waals surface area contributed by atoms with E-state index in [1.54, 1.807) is 4.90 Å². The molecule has 1 aliphatic heterocycles. The van der Waals surface area contributed by atoms with Gasteiger partial charge in [0.2, 0.25) is 0 Å². The van der Waals surface area contributed by atoms with Crippen LogP contribution in [0.25, 0.3) is 0 Å². The summed E-state index contributed by atoms with van der Waals surface area (Å²) in [7, 11) is 0. The summed E-state index contributed by atoms with van der Waals surface area (Å²) in [4.78, 5) is 13.6. The van der Waals surface area contributed by atoms with Crippen LogP contribution in [0.4, 0.5) is 4.79 Å². The first-order valence-corrected chi connectivity index (χ1v) is 6.42. The second kappa shape index (κ2) is 5.71. The van der Waals surface area contributed by atoms with E-state index in [2.05, 4.69) is 6.92 Å². The van der Waals surface area contributed by atoms with Crippen LogP contribution >= 0.6 is 0 Å². The lowest BCUT2D eigenvalue weighted by Crippen LogP contribution is -2.42. The molecule has 0 aromatic rings. The molecule has 17 heavy (non-hydrogen) atoms. The number of ether oxygens (including phenoxy) is 1. The van der Waals surface area contributed by atoms with E-state index in [0.29, 0.717) is 11.8 Å². The normalized spacial score (nSPS) is 20.2. The average Bonchev–Trinajstić information content (AvgIpc) is 2.26. The number of aliphatic hydroxyl groups is 1. The van der Waals surface area contributed by atoms with Gasteiger partial charge in [-0.3, -0.25) is 0 Å². The molecule has 0 saturated carbocycles. The highest BCUT2D eigenvalue weighted by Gasteiger charge is 2.28. The first-order chi connectivity index (χ1) is 7.83. The first kappa shape index (κ1) is 14.3. The van der Waals surface area contributed by atoms with Crippen molar-refractivity contribution in [2.45, 2.75) is 46.1 Å². The molecule has 1 N–H and O–H groups in total. The molecule has 1 rings (SSSR count). The van der Waals surface area contributed by atoms with Crippen molar-refractivity contribution in [3.63, 3.8) is 0 Å². The summed E-state index contributed by atoms with van der Waals surface area (Å²) in [6.07, 6.45) is 1.70. The van der Waals surface area contributed by atoms with Crippen molar-refractivity contribution in [1.82, 2.24) is 4.90 Å². The third-order valence-corrected chi connectivity index (χ3v) is 3.28. The van der Waals surface area contributed by atoms with Gasteiger partial charge in [-0.25, -0.2) is 4.79 Å². The lowest BCUT2D eigenvalue weighted by molar-refractivity contribution is 0.0148. The number of nitrogens with zero attached hydrogens (tertiary/aromatic N) is 1. The number of amides is 1. The van der Waals surface area contributed by atoms with E-state index >= 15 is 0 Å². The van der Waals surface area contributed by atoms with Gasteiger partial charge in [0.25, 0.3) is 0 Å². The number of piperidine rings is 1. The van der Waals surface area contributed by atoms with Crippen LogP contribution in [0, 0.1) is 11.8 Å². The molecule has 100 valence electrons. The molecule has 4 heteroatoms. The maximum Gasteiger partial charge on any atom is 0.410 e. The predicted molar refractivity (Wildman–Crippen MR) is 66.8 cm³/mol. The summed E-state index contributed by atoms with van der Waals surface area (Å²) >= 11 is 0. The Morgan fingerprint density at radius 3 is 2.35 bits per heavy atom. The van der Waals surface area contributed by atoms with Gasteiger partial charge in [-0.05, 0) is 45.4 Å². The molecule has 1 heterocycles. The third-order valence-electron chi connectivity index (χ3n) is 3.28. The van der Waals surface area contributed by atoms with Gasteiger partial charge in [-0.2, -0.15) is 0 Å². The van der Waals surface area contributed by atoms with E-state index in [9.17, 15) is 4.79 Å². The van der Waals surface area contributed by atoms with E-state index < -0.39 is 5.60 Å². The molecule has 1 atom stereocenters. The topological polar surface area (TPSA) is 49.8 Å². The van der Waals surface area contributed by atoms with Crippen molar-refractivity contribution in [3.8, 4) is 0 Å². The fourth-order valence-electron chi connectivity index (χ4n) is 2.13. The molecular weight excluding hydrogens is 218 g/mol. The molecule has 0 radical (unpaired) electrons. The van der Waals surface area contributed by atoms with Gasteiger partial charge in [0.15, 0.2) is 0 Å². The third kappa shape index (κ3) is 4.54. The van der Waals surface area contributed by atoms with Gasteiger partial charge >= 0.3 is 6.09 Å². The zero-order valence-electron chi connectivity index (χ0n) is 11.4. The van der Waals surface area contributed by atoms with Crippen LogP contribution in [0.15, 0.2) is 0 Å². The minimum Gasteiger partial charge on any atom is -0.444 e. The van der Waals surface area contributed by atoms with Crippen LogP contribution in [0.5, 0.6) is 0 Å². The number of hydrogen-bond acceptors (Lipinski definition) is 3. The summed E-state index contributed by atoms with van der Waals surface area (Å²) < 4.78 is 5.34. The van der Waals surface area contributed by atoms with Gasteiger partial charge in [0.1, 0.15) is 5.60 Å². The smallest absolute Gasteiger partial charge is 0.410 e. The van der Waals surface area contributed by atoms with Crippen LogP contribution in [-0.2, 0) is 4.74 Å². The quantitative estimate of drug-likeness (QED) is 0.809. The van der Waals surface area contributed by atoms with E-state index in [0.717, 1.165) is 25.9 Å². The van der Waals surface area contributed by atoms with Crippen molar-refractivity contribution in [3.05, 3.63) is 0 Å². The maximum absolute atomic E-state index is 11.8. The van der Waals surface area contributed by atoms with E-state index in [1.165, 1.54) is 0 Å². The zero-order valence-corrected chi connectivity index (χ0v) is 11.4. The van der Waals surface area contributed by atoms with E-state index in [4.69, 9.17) is 9.84 Å². The number of rotatable bonds is 2. The molecule has 0 aromatic carbocycles. The second-order valence-corrected chi connectivity index (χ2v) is 5.96. The molecule has 0 unspecified atom stereocenters. The molecule has 1 fully saturated rings. The fraction of sp³-hybridized carbons (Fsp3) is 0.923. The monoisotopic (exact) mass is 243 g/mol. The van der Waals surface area contributed by atoms with E-state index in [-0.39, 0.29) is 12.7 Å². The largest absolute Gasteiger partial charge is 0.444 e. The number of carbonyl (C=O) groups excluding carboxylic acids is 1. The standard InChI is InChI=1S/C13H25NO3/c1-10(9-15)11-5-7-14(8-6-11)12(16)17-13(2,3)4/h10-11,15H,5-9H2,1-4H3/t10-/m1/s1. The van der Waals surface area contributed by atoms with Crippen molar-refractivity contribution in [2.75, 3.05) is 19.7 Å². The van der Waals surface area contributed by atoms with Gasteiger partial charge < -0.3 is 14.7 Å². The highest BCUT2D eigenvalue weighted by Crippen LogP contribution is 2.25. The Kier molecular flexibility index (Phi) is 4.80. The fourth-order valence-corrected chi connectivity index (χ4v) is 2.13. The highest BCUT2D eigenvalue weighted by atomic mass is 16.6. The summed E-state index contributed by atoms with van der Waals surface area (Å²) in [6.45, 7) is 9.42. The molecular formula is C13H25NO3. The van der Waals surface area contributed by atoms with Gasteiger partial charge in [-0.15, -0.1) is 0 Å². The summed E-state index contributed by atoms with van der Waals surface area (Å²) in [5.74, 6) is 0.856. The van der Waals surface area contributed by atoms with Gasteiger partial charge in [0.05, 0.1) is 0 Å². The summed E-state index contributed by atoms with van der Waals surface area (Å²) in [5.41, 5.74) is -0.424. The summed E-state index contributed by atoms with van der Waals surface area (Å²) in [5, 5.41) is 9.11. The molecule has 0 aliphatic carbocycles. The van der Waals surface area contributed by atoms with Crippen LogP contribution in [0.3, 0.4) is 0 Å². The van der Waals surface area contributed by atoms with Gasteiger partial charge in [0, 0.05) is 19.7 Å². The highest BCUT2D eigenvalue weighted by molar-refractivity contribution is 5.68. The lowest BCUT2D eigenvalue weighted by atomic mass is 9.86. The zero-order chi connectivity index (χ0) is 13.1. The van der Waals surface area contributed by atoms with Crippen LogP contribution in [0.2, 0.25) is 0 Å². The Bertz CT molecular complexity index is 252. The predicted octanol–water partition coefficient (Wildman–Crippen LogP) is 2.26. The molecule has 0 bridgehead atoms. The number of carbonyl (C=O) groups is 1. The SMILES string of the molecule is C[C@H](CO)C1CCN(C(=O)OC(C)(C)C)CC1. The average molecular weight is 243 g/mol. The maximum atomic E-state index is 11.8. The molecule has 1 amide bonds.